The molecule has 1 N–H and O–H groups in total. The van der Waals surface area contributed by atoms with Crippen LogP contribution in [0.2, 0.25) is 0 Å². The lowest BCUT2D eigenvalue weighted by atomic mass is 9.67. The number of ether oxygens (including phenoxy) is 2. The quantitative estimate of drug-likeness (QED) is 0.330. The number of dihydropyridines is 1. The summed E-state index contributed by atoms with van der Waals surface area (Å²) in [5, 5.41) is 3.63. The normalized spacial score (nSPS) is 19.7. The molecular formula is C32H30BrNO3. The molecule has 3 aromatic rings. The Morgan fingerprint density at radius 2 is 1.49 bits per heavy atom. The van der Waals surface area contributed by atoms with Gasteiger partial charge >= 0.3 is 0 Å². The van der Waals surface area contributed by atoms with Crippen molar-refractivity contribution >= 4 is 33.5 Å². The first-order valence-electron chi connectivity index (χ1n) is 12.3. The van der Waals surface area contributed by atoms with Gasteiger partial charge in [-0.2, -0.15) is 0 Å². The maximum atomic E-state index is 14.2. The van der Waals surface area contributed by atoms with E-state index in [9.17, 15) is 4.79 Å². The second-order valence-electron chi connectivity index (χ2n) is 10.1. The molecule has 5 rings (SSSR count). The summed E-state index contributed by atoms with van der Waals surface area (Å²) < 4.78 is 11.7. The molecule has 37 heavy (non-hydrogen) atoms. The Hall–Kier alpha value is -3.57. The second kappa shape index (κ2) is 10.1. The summed E-state index contributed by atoms with van der Waals surface area (Å²) in [6.45, 7) is 4.29. The number of methoxy groups -OCH3 is 2. The van der Waals surface area contributed by atoms with Gasteiger partial charge in [0.2, 0.25) is 0 Å². The molecule has 0 spiro atoms. The van der Waals surface area contributed by atoms with Crippen LogP contribution < -0.4 is 14.8 Å². The van der Waals surface area contributed by atoms with E-state index in [0.717, 1.165) is 61.6 Å². The standard InChI is InChI=1S/C32H30BrNO3/c1-32(2)19-29-30(31(35)27(32)17-20-5-13-24(36-3)14-6-20)26(21-7-11-23(33)12-8-21)18-28(34-29)22-9-15-25(37-4)16-10-22/h5-18,26,34H,19H2,1-4H3/b27-17+. The summed E-state index contributed by atoms with van der Waals surface area (Å²) in [6.07, 6.45) is 4.94. The van der Waals surface area contributed by atoms with Crippen molar-refractivity contribution in [2.75, 3.05) is 14.2 Å². The Kier molecular flexibility index (Phi) is 6.82. The van der Waals surface area contributed by atoms with Crippen molar-refractivity contribution < 1.29 is 14.3 Å². The van der Waals surface area contributed by atoms with Gasteiger partial charge in [0, 0.05) is 32.9 Å². The number of hydrogen-bond donors (Lipinski definition) is 1. The molecule has 0 fully saturated rings. The molecule has 188 valence electrons. The summed E-state index contributed by atoms with van der Waals surface area (Å²) in [7, 11) is 3.32. The first-order chi connectivity index (χ1) is 17.8. The van der Waals surface area contributed by atoms with E-state index in [1.54, 1.807) is 14.2 Å². The van der Waals surface area contributed by atoms with E-state index >= 15 is 0 Å². The minimum absolute atomic E-state index is 0.0903. The zero-order valence-electron chi connectivity index (χ0n) is 21.5. The van der Waals surface area contributed by atoms with Crippen molar-refractivity contribution in [2.45, 2.75) is 26.2 Å². The Morgan fingerprint density at radius 1 is 0.892 bits per heavy atom. The van der Waals surface area contributed by atoms with Crippen LogP contribution in [0.15, 0.2) is 100 Å². The van der Waals surface area contributed by atoms with Gasteiger partial charge in [0.15, 0.2) is 5.78 Å². The van der Waals surface area contributed by atoms with E-state index < -0.39 is 0 Å². The number of carbonyl (C=O) groups excluding carboxylic acids is 1. The van der Waals surface area contributed by atoms with E-state index in [-0.39, 0.29) is 17.1 Å². The predicted molar refractivity (Wildman–Crippen MR) is 152 cm³/mol. The van der Waals surface area contributed by atoms with Crippen LogP contribution >= 0.6 is 15.9 Å². The summed E-state index contributed by atoms with van der Waals surface area (Å²) >= 11 is 3.55. The molecule has 1 atom stereocenters. The van der Waals surface area contributed by atoms with Crippen LogP contribution in [0, 0.1) is 5.41 Å². The molecule has 1 heterocycles. The average Bonchev–Trinajstić information content (AvgIpc) is 2.91. The van der Waals surface area contributed by atoms with Gasteiger partial charge in [0.05, 0.1) is 14.2 Å². The topological polar surface area (TPSA) is 47.6 Å². The number of rotatable bonds is 5. The van der Waals surface area contributed by atoms with E-state index in [1.807, 2.05) is 66.7 Å². The molecule has 4 nitrogen and oxygen atoms in total. The monoisotopic (exact) mass is 555 g/mol. The number of Topliss-reactive ketones (excluding diaryl/α,β-unsaturated/α-hetero) is 1. The van der Waals surface area contributed by atoms with Crippen LogP contribution in [-0.2, 0) is 4.79 Å². The highest BCUT2D eigenvalue weighted by atomic mass is 79.9. The minimum atomic E-state index is -0.338. The zero-order valence-corrected chi connectivity index (χ0v) is 23.1. The molecule has 0 saturated carbocycles. The molecule has 3 aromatic carbocycles. The van der Waals surface area contributed by atoms with Gasteiger partial charge < -0.3 is 14.8 Å². The maximum Gasteiger partial charge on any atom is 0.188 e. The van der Waals surface area contributed by atoms with E-state index in [1.165, 1.54) is 0 Å². The highest BCUT2D eigenvalue weighted by Crippen LogP contribution is 2.48. The van der Waals surface area contributed by atoms with Gasteiger partial charge in [-0.05, 0) is 89.2 Å². The number of allylic oxidation sites excluding steroid dienone is 4. The van der Waals surface area contributed by atoms with Gasteiger partial charge in [-0.15, -0.1) is 0 Å². The van der Waals surface area contributed by atoms with Crippen molar-refractivity contribution in [3.8, 4) is 11.5 Å². The first kappa shape index (κ1) is 25.1. The SMILES string of the molecule is COc1ccc(/C=C2\C(=O)C3=C(CC2(C)C)NC(c2ccc(OC)cc2)=CC3c2ccc(Br)cc2)cc1. The summed E-state index contributed by atoms with van der Waals surface area (Å²) in [5.74, 6) is 1.54. The Bertz CT molecular complexity index is 1410. The fraction of sp³-hybridized carbons (Fsp3) is 0.219. The van der Waals surface area contributed by atoms with Crippen LogP contribution in [0.4, 0.5) is 0 Å². The van der Waals surface area contributed by atoms with Gasteiger partial charge in [-0.3, -0.25) is 4.79 Å². The van der Waals surface area contributed by atoms with Gasteiger partial charge in [0.1, 0.15) is 11.5 Å². The van der Waals surface area contributed by atoms with Gasteiger partial charge in [0.25, 0.3) is 0 Å². The van der Waals surface area contributed by atoms with Crippen LogP contribution in [0.25, 0.3) is 11.8 Å². The molecule has 0 saturated heterocycles. The van der Waals surface area contributed by atoms with Crippen molar-refractivity contribution in [1.82, 2.24) is 5.32 Å². The van der Waals surface area contributed by atoms with Gasteiger partial charge in [-0.1, -0.05) is 54.0 Å². The Labute approximate surface area is 226 Å². The average molecular weight is 557 g/mol. The number of benzene rings is 3. The largest absolute Gasteiger partial charge is 0.497 e. The Balaban J connectivity index is 1.60. The molecule has 2 aliphatic rings. The molecular weight excluding hydrogens is 526 g/mol. The molecule has 0 radical (unpaired) electrons. The second-order valence-corrected chi connectivity index (χ2v) is 11.0. The van der Waals surface area contributed by atoms with E-state index in [0.29, 0.717) is 0 Å². The number of ketones is 1. The highest BCUT2D eigenvalue weighted by Gasteiger charge is 2.42. The Morgan fingerprint density at radius 3 is 2.08 bits per heavy atom. The molecule has 0 bridgehead atoms. The van der Waals surface area contributed by atoms with Crippen LogP contribution in [0.1, 0.15) is 42.9 Å². The number of hydrogen-bond acceptors (Lipinski definition) is 4. The molecule has 1 aliphatic heterocycles. The summed E-state index contributed by atoms with van der Waals surface area (Å²) in [6, 6.07) is 24.1. The van der Waals surface area contributed by atoms with Crippen LogP contribution in [0.5, 0.6) is 11.5 Å². The minimum Gasteiger partial charge on any atom is -0.497 e. The zero-order chi connectivity index (χ0) is 26.2. The summed E-state index contributed by atoms with van der Waals surface area (Å²) in [5.41, 5.74) is 6.41. The van der Waals surface area contributed by atoms with Crippen molar-refractivity contribution in [3.63, 3.8) is 0 Å². The van der Waals surface area contributed by atoms with Crippen molar-refractivity contribution in [3.05, 3.63) is 117 Å². The third kappa shape index (κ3) is 5.01. The number of nitrogens with one attached hydrogen (secondary N) is 1. The molecule has 0 aromatic heterocycles. The fourth-order valence-electron chi connectivity index (χ4n) is 5.12. The summed E-state index contributed by atoms with van der Waals surface area (Å²) in [4.78, 5) is 14.2. The van der Waals surface area contributed by atoms with Crippen molar-refractivity contribution in [2.24, 2.45) is 5.41 Å². The lowest BCUT2D eigenvalue weighted by molar-refractivity contribution is -0.113. The lowest BCUT2D eigenvalue weighted by Gasteiger charge is -2.40. The smallest absolute Gasteiger partial charge is 0.188 e. The van der Waals surface area contributed by atoms with Crippen LogP contribution in [-0.4, -0.2) is 20.0 Å². The first-order valence-corrected chi connectivity index (χ1v) is 13.1. The molecule has 1 aliphatic carbocycles. The van der Waals surface area contributed by atoms with E-state index in [4.69, 9.17) is 9.47 Å². The molecule has 5 heteroatoms. The third-order valence-corrected chi connectivity index (χ3v) is 7.68. The number of carbonyl (C=O) groups is 1. The number of halogens is 1. The van der Waals surface area contributed by atoms with Gasteiger partial charge in [-0.25, -0.2) is 0 Å². The van der Waals surface area contributed by atoms with Crippen LogP contribution in [0.3, 0.4) is 0 Å². The maximum absolute atomic E-state index is 14.2. The fourth-order valence-corrected chi connectivity index (χ4v) is 5.38. The molecule has 0 amide bonds. The predicted octanol–water partition coefficient (Wildman–Crippen LogP) is 7.53. The van der Waals surface area contributed by atoms with Crippen molar-refractivity contribution in [1.29, 1.82) is 0 Å². The third-order valence-electron chi connectivity index (χ3n) is 7.15. The van der Waals surface area contributed by atoms with E-state index in [2.05, 4.69) is 53.3 Å². The molecule has 1 unspecified atom stereocenters. The lowest BCUT2D eigenvalue weighted by Crippen LogP contribution is -2.37. The highest BCUT2D eigenvalue weighted by molar-refractivity contribution is 9.10.